The van der Waals surface area contributed by atoms with Crippen LogP contribution in [0.25, 0.3) is 0 Å². The quantitative estimate of drug-likeness (QED) is 0.482. The summed E-state index contributed by atoms with van der Waals surface area (Å²) < 4.78 is 0. The fraction of sp³-hybridized carbons (Fsp3) is 0.857. The van der Waals surface area contributed by atoms with Crippen molar-refractivity contribution in [3.63, 3.8) is 0 Å². The molecule has 3 nitrogen and oxygen atoms in total. The molecular weight excluding hydrogens is 128 g/mol. The van der Waals surface area contributed by atoms with Crippen molar-refractivity contribution in [3.05, 3.63) is 0 Å². The maximum Gasteiger partial charge on any atom is 0.221 e. The standard InChI is InChI=1S/C7H12N2O/c10-7-3-5-1-2-6(9-5)4-8-7/h5-6,9H,1-4H2,(H,8,10)/t5-,6+/m0/s1. The van der Waals surface area contributed by atoms with Crippen LogP contribution < -0.4 is 10.6 Å². The zero-order valence-electron chi connectivity index (χ0n) is 5.89. The molecule has 2 heterocycles. The Hall–Kier alpha value is -0.570. The van der Waals surface area contributed by atoms with E-state index in [0.29, 0.717) is 18.5 Å². The van der Waals surface area contributed by atoms with Gasteiger partial charge in [0.2, 0.25) is 5.91 Å². The Bertz CT molecular complexity index is 158. The minimum absolute atomic E-state index is 0.208. The third-order valence-electron chi connectivity index (χ3n) is 2.31. The second kappa shape index (κ2) is 2.23. The molecule has 10 heavy (non-hydrogen) atoms. The molecule has 0 aromatic heterocycles. The third kappa shape index (κ3) is 1.01. The van der Waals surface area contributed by atoms with Crippen molar-refractivity contribution in [1.29, 1.82) is 0 Å². The van der Waals surface area contributed by atoms with Crippen LogP contribution in [0.5, 0.6) is 0 Å². The summed E-state index contributed by atoms with van der Waals surface area (Å²) >= 11 is 0. The van der Waals surface area contributed by atoms with Gasteiger partial charge in [-0.2, -0.15) is 0 Å². The van der Waals surface area contributed by atoms with E-state index in [1.54, 1.807) is 0 Å². The van der Waals surface area contributed by atoms with Crippen molar-refractivity contribution in [2.75, 3.05) is 6.54 Å². The molecule has 0 unspecified atom stereocenters. The average molecular weight is 140 g/mol. The highest BCUT2D eigenvalue weighted by molar-refractivity contribution is 5.77. The van der Waals surface area contributed by atoms with Crippen molar-refractivity contribution in [2.24, 2.45) is 0 Å². The molecule has 0 spiro atoms. The second-order valence-corrected chi connectivity index (χ2v) is 3.15. The van der Waals surface area contributed by atoms with Crippen LogP contribution in [0.1, 0.15) is 19.3 Å². The molecule has 0 aromatic carbocycles. The van der Waals surface area contributed by atoms with Crippen molar-refractivity contribution in [1.82, 2.24) is 10.6 Å². The van der Waals surface area contributed by atoms with E-state index in [2.05, 4.69) is 10.6 Å². The van der Waals surface area contributed by atoms with E-state index < -0.39 is 0 Å². The van der Waals surface area contributed by atoms with Crippen molar-refractivity contribution < 1.29 is 4.79 Å². The first-order valence-corrected chi connectivity index (χ1v) is 3.87. The van der Waals surface area contributed by atoms with Gasteiger partial charge in [0.1, 0.15) is 0 Å². The lowest BCUT2D eigenvalue weighted by Gasteiger charge is -2.06. The van der Waals surface area contributed by atoms with Crippen LogP contribution in [0.4, 0.5) is 0 Å². The number of carbonyl (C=O) groups is 1. The summed E-state index contributed by atoms with van der Waals surface area (Å²) in [5.41, 5.74) is 0. The summed E-state index contributed by atoms with van der Waals surface area (Å²) in [7, 11) is 0. The SMILES string of the molecule is O=C1C[C@@H]2CC[C@H](CN1)N2. The maximum atomic E-state index is 10.9. The van der Waals surface area contributed by atoms with Crippen LogP contribution in [0, 0.1) is 0 Å². The summed E-state index contributed by atoms with van der Waals surface area (Å²) in [6.07, 6.45) is 3.08. The van der Waals surface area contributed by atoms with Crippen LogP contribution in [0.15, 0.2) is 0 Å². The Morgan fingerprint density at radius 3 is 3.00 bits per heavy atom. The number of carbonyl (C=O) groups excluding carboxylic acids is 1. The Balaban J connectivity index is 2.05. The number of fused-ring (bicyclic) bond motifs is 2. The first kappa shape index (κ1) is 6.16. The van der Waals surface area contributed by atoms with Crippen LogP contribution in [0.3, 0.4) is 0 Å². The third-order valence-corrected chi connectivity index (χ3v) is 2.31. The van der Waals surface area contributed by atoms with E-state index in [1.165, 1.54) is 12.8 Å². The molecule has 2 fully saturated rings. The summed E-state index contributed by atoms with van der Waals surface area (Å²) in [5.74, 6) is 0.208. The summed E-state index contributed by atoms with van der Waals surface area (Å²) in [5, 5.41) is 6.27. The fourth-order valence-corrected chi connectivity index (χ4v) is 1.76. The van der Waals surface area contributed by atoms with Gasteiger partial charge in [0.05, 0.1) is 0 Å². The molecule has 2 saturated heterocycles. The van der Waals surface area contributed by atoms with E-state index in [0.717, 1.165) is 6.54 Å². The normalized spacial score (nSPS) is 39.0. The molecule has 2 aliphatic heterocycles. The molecule has 56 valence electrons. The van der Waals surface area contributed by atoms with Crippen LogP contribution >= 0.6 is 0 Å². The zero-order chi connectivity index (χ0) is 6.97. The molecule has 0 aromatic rings. The molecule has 2 atom stereocenters. The maximum absolute atomic E-state index is 10.9. The molecule has 2 bridgehead atoms. The summed E-state index contributed by atoms with van der Waals surface area (Å²) in [6.45, 7) is 0.829. The topological polar surface area (TPSA) is 41.1 Å². The van der Waals surface area contributed by atoms with E-state index in [9.17, 15) is 4.79 Å². The lowest BCUT2D eigenvalue weighted by molar-refractivity contribution is -0.121. The molecule has 2 N–H and O–H groups in total. The molecule has 2 aliphatic rings. The van der Waals surface area contributed by atoms with Gasteiger partial charge in [-0.1, -0.05) is 0 Å². The average Bonchev–Trinajstić information content (AvgIpc) is 2.22. The molecule has 0 radical (unpaired) electrons. The highest BCUT2D eigenvalue weighted by atomic mass is 16.1. The Morgan fingerprint density at radius 1 is 1.30 bits per heavy atom. The van der Waals surface area contributed by atoms with Gasteiger partial charge >= 0.3 is 0 Å². The van der Waals surface area contributed by atoms with Gasteiger partial charge in [-0.25, -0.2) is 0 Å². The van der Waals surface area contributed by atoms with E-state index in [4.69, 9.17) is 0 Å². The molecular formula is C7H12N2O. The molecule has 2 rings (SSSR count). The van der Waals surface area contributed by atoms with E-state index in [-0.39, 0.29) is 5.91 Å². The van der Waals surface area contributed by atoms with Crippen LogP contribution in [0.2, 0.25) is 0 Å². The van der Waals surface area contributed by atoms with Gasteiger partial charge in [-0.05, 0) is 12.8 Å². The first-order valence-electron chi connectivity index (χ1n) is 3.87. The molecule has 0 aliphatic carbocycles. The van der Waals surface area contributed by atoms with Crippen molar-refractivity contribution in [3.8, 4) is 0 Å². The zero-order valence-corrected chi connectivity index (χ0v) is 5.89. The molecule has 1 amide bonds. The Labute approximate surface area is 60.2 Å². The summed E-state index contributed by atoms with van der Waals surface area (Å²) in [4.78, 5) is 10.9. The monoisotopic (exact) mass is 140 g/mol. The molecule has 0 saturated carbocycles. The smallest absolute Gasteiger partial charge is 0.221 e. The number of hydrogen-bond donors (Lipinski definition) is 2. The number of nitrogens with one attached hydrogen (secondary N) is 2. The number of hydrogen-bond acceptors (Lipinski definition) is 2. The minimum atomic E-state index is 0.208. The highest BCUT2D eigenvalue weighted by Gasteiger charge is 2.28. The lowest BCUT2D eigenvalue weighted by atomic mass is 10.1. The van der Waals surface area contributed by atoms with E-state index in [1.807, 2.05) is 0 Å². The predicted octanol–water partition coefficient (Wildman–Crippen LogP) is -0.373. The van der Waals surface area contributed by atoms with Crippen molar-refractivity contribution in [2.45, 2.75) is 31.3 Å². The van der Waals surface area contributed by atoms with Crippen LogP contribution in [-0.2, 0) is 4.79 Å². The highest BCUT2D eigenvalue weighted by Crippen LogP contribution is 2.16. The lowest BCUT2D eigenvalue weighted by Crippen LogP contribution is -2.33. The van der Waals surface area contributed by atoms with Gasteiger partial charge in [-0.3, -0.25) is 4.79 Å². The number of rotatable bonds is 0. The van der Waals surface area contributed by atoms with Crippen molar-refractivity contribution >= 4 is 5.91 Å². The van der Waals surface area contributed by atoms with Gasteiger partial charge in [0, 0.05) is 25.0 Å². The summed E-state index contributed by atoms with van der Waals surface area (Å²) in [6, 6.07) is 1.02. The predicted molar refractivity (Wildman–Crippen MR) is 37.6 cm³/mol. The van der Waals surface area contributed by atoms with Gasteiger partial charge in [0.15, 0.2) is 0 Å². The largest absolute Gasteiger partial charge is 0.354 e. The molecule has 3 heteroatoms. The van der Waals surface area contributed by atoms with Crippen LogP contribution in [-0.4, -0.2) is 24.5 Å². The minimum Gasteiger partial charge on any atom is -0.354 e. The Kier molecular flexibility index (Phi) is 1.38. The second-order valence-electron chi connectivity index (χ2n) is 3.15. The van der Waals surface area contributed by atoms with Gasteiger partial charge in [-0.15, -0.1) is 0 Å². The van der Waals surface area contributed by atoms with Gasteiger partial charge in [0.25, 0.3) is 0 Å². The Morgan fingerprint density at radius 2 is 2.10 bits per heavy atom. The van der Waals surface area contributed by atoms with Gasteiger partial charge < -0.3 is 10.6 Å². The van der Waals surface area contributed by atoms with E-state index >= 15 is 0 Å². The number of amides is 1. The first-order chi connectivity index (χ1) is 4.84. The fourth-order valence-electron chi connectivity index (χ4n) is 1.76.